The third-order valence-electron chi connectivity index (χ3n) is 3.67. The van der Waals surface area contributed by atoms with Crippen LogP contribution in [0.1, 0.15) is 16.8 Å². The van der Waals surface area contributed by atoms with E-state index in [1.165, 1.54) is 11.1 Å². The summed E-state index contributed by atoms with van der Waals surface area (Å²) in [5.41, 5.74) is 5.55. The third-order valence-corrected chi connectivity index (χ3v) is 4.59. The number of ether oxygens (including phenoxy) is 1. The number of aromatic nitrogens is 2. The SMILES string of the molecule is COc1ccc(-c2cc(C)nc(SCc3cccc(C)c3)n2)cc1. The molecule has 3 aromatic rings. The largest absolute Gasteiger partial charge is 0.497 e. The van der Waals surface area contributed by atoms with Crippen LogP contribution in [-0.2, 0) is 5.75 Å². The second kappa shape index (κ2) is 7.49. The molecular weight excluding hydrogens is 316 g/mol. The van der Waals surface area contributed by atoms with Crippen LogP contribution in [0.3, 0.4) is 0 Å². The summed E-state index contributed by atoms with van der Waals surface area (Å²) in [6.45, 7) is 4.12. The fourth-order valence-electron chi connectivity index (χ4n) is 2.47. The van der Waals surface area contributed by atoms with Crippen LogP contribution in [0, 0.1) is 13.8 Å². The Hall–Kier alpha value is -2.33. The van der Waals surface area contributed by atoms with Gasteiger partial charge >= 0.3 is 0 Å². The van der Waals surface area contributed by atoms with Gasteiger partial charge in [0.25, 0.3) is 0 Å². The molecule has 1 aromatic heterocycles. The molecule has 122 valence electrons. The van der Waals surface area contributed by atoms with Crippen molar-refractivity contribution < 1.29 is 4.74 Å². The van der Waals surface area contributed by atoms with E-state index >= 15 is 0 Å². The Morgan fingerprint density at radius 2 is 1.75 bits per heavy atom. The molecule has 0 fully saturated rings. The molecule has 0 saturated heterocycles. The molecule has 3 nitrogen and oxygen atoms in total. The maximum absolute atomic E-state index is 5.21. The molecule has 0 radical (unpaired) electrons. The van der Waals surface area contributed by atoms with E-state index in [9.17, 15) is 0 Å². The highest BCUT2D eigenvalue weighted by Gasteiger charge is 2.06. The van der Waals surface area contributed by atoms with Gasteiger partial charge in [-0.3, -0.25) is 0 Å². The Balaban J connectivity index is 1.80. The molecule has 0 saturated carbocycles. The number of methoxy groups -OCH3 is 1. The van der Waals surface area contributed by atoms with Gasteiger partial charge in [-0.25, -0.2) is 9.97 Å². The summed E-state index contributed by atoms with van der Waals surface area (Å²) < 4.78 is 5.21. The minimum absolute atomic E-state index is 0.808. The van der Waals surface area contributed by atoms with Gasteiger partial charge in [-0.2, -0.15) is 0 Å². The molecule has 0 N–H and O–H groups in total. The molecule has 1 heterocycles. The van der Waals surface area contributed by atoms with Gasteiger partial charge in [-0.05, 0) is 49.7 Å². The van der Waals surface area contributed by atoms with Gasteiger partial charge in [0.15, 0.2) is 5.16 Å². The van der Waals surface area contributed by atoms with Gasteiger partial charge in [0.2, 0.25) is 0 Å². The third kappa shape index (κ3) is 4.15. The van der Waals surface area contributed by atoms with Crippen molar-refractivity contribution in [1.29, 1.82) is 0 Å². The standard InChI is InChI=1S/C20H20N2OS/c1-14-5-4-6-16(11-14)13-24-20-21-15(2)12-19(22-20)17-7-9-18(23-3)10-8-17/h4-12H,13H2,1-3H3. The highest BCUT2D eigenvalue weighted by molar-refractivity contribution is 7.98. The molecule has 0 aliphatic carbocycles. The van der Waals surface area contributed by atoms with Crippen molar-refractivity contribution >= 4 is 11.8 Å². The first-order valence-corrected chi connectivity index (χ1v) is 8.81. The summed E-state index contributed by atoms with van der Waals surface area (Å²) in [6.07, 6.45) is 0. The van der Waals surface area contributed by atoms with Crippen LogP contribution >= 0.6 is 11.8 Å². The van der Waals surface area contributed by atoms with Crippen LogP contribution in [0.2, 0.25) is 0 Å². The predicted octanol–water partition coefficient (Wildman–Crippen LogP) is 5.06. The summed E-state index contributed by atoms with van der Waals surface area (Å²) in [5, 5.41) is 0.808. The molecular formula is C20H20N2OS. The Bertz CT molecular complexity index is 831. The number of rotatable bonds is 5. The van der Waals surface area contributed by atoms with Crippen molar-refractivity contribution in [3.8, 4) is 17.0 Å². The number of benzene rings is 2. The van der Waals surface area contributed by atoms with E-state index in [-0.39, 0.29) is 0 Å². The summed E-state index contributed by atoms with van der Waals surface area (Å²) in [7, 11) is 1.67. The first-order valence-electron chi connectivity index (χ1n) is 7.82. The predicted molar refractivity (Wildman–Crippen MR) is 99.5 cm³/mol. The lowest BCUT2D eigenvalue weighted by molar-refractivity contribution is 0.415. The van der Waals surface area contributed by atoms with E-state index in [4.69, 9.17) is 9.72 Å². The second-order valence-electron chi connectivity index (χ2n) is 5.68. The molecule has 0 aliphatic rings. The average Bonchev–Trinajstić information content (AvgIpc) is 2.60. The number of aryl methyl sites for hydroxylation is 2. The molecule has 0 atom stereocenters. The second-order valence-corrected chi connectivity index (χ2v) is 6.63. The summed E-state index contributed by atoms with van der Waals surface area (Å²) in [6, 6.07) is 18.5. The topological polar surface area (TPSA) is 35.0 Å². The van der Waals surface area contributed by atoms with Gasteiger partial charge in [-0.1, -0.05) is 41.6 Å². The number of hydrogen-bond donors (Lipinski definition) is 0. The van der Waals surface area contributed by atoms with E-state index in [0.29, 0.717) is 0 Å². The molecule has 2 aromatic carbocycles. The van der Waals surface area contributed by atoms with Gasteiger partial charge in [0.05, 0.1) is 12.8 Å². The molecule has 3 rings (SSSR count). The Labute approximate surface area is 147 Å². The van der Waals surface area contributed by atoms with E-state index in [1.807, 2.05) is 37.3 Å². The van der Waals surface area contributed by atoms with Crippen molar-refractivity contribution in [2.24, 2.45) is 0 Å². The van der Waals surface area contributed by atoms with Crippen LogP contribution in [0.25, 0.3) is 11.3 Å². The smallest absolute Gasteiger partial charge is 0.188 e. The van der Waals surface area contributed by atoms with Crippen molar-refractivity contribution in [1.82, 2.24) is 9.97 Å². The molecule has 0 bridgehead atoms. The highest BCUT2D eigenvalue weighted by atomic mass is 32.2. The Kier molecular flexibility index (Phi) is 5.16. The van der Waals surface area contributed by atoms with Crippen LogP contribution in [0.15, 0.2) is 59.8 Å². The van der Waals surface area contributed by atoms with Crippen LogP contribution in [0.4, 0.5) is 0 Å². The van der Waals surface area contributed by atoms with Crippen LogP contribution in [-0.4, -0.2) is 17.1 Å². The van der Waals surface area contributed by atoms with E-state index in [0.717, 1.165) is 33.6 Å². The minimum atomic E-state index is 0.808. The van der Waals surface area contributed by atoms with Crippen molar-refractivity contribution in [2.75, 3.05) is 7.11 Å². The van der Waals surface area contributed by atoms with Gasteiger partial charge in [0, 0.05) is 17.0 Å². The summed E-state index contributed by atoms with van der Waals surface area (Å²) in [4.78, 5) is 9.27. The first kappa shape index (κ1) is 16.5. The van der Waals surface area contributed by atoms with Crippen molar-refractivity contribution in [3.05, 3.63) is 71.4 Å². The van der Waals surface area contributed by atoms with Crippen LogP contribution < -0.4 is 4.74 Å². The maximum Gasteiger partial charge on any atom is 0.188 e. The zero-order chi connectivity index (χ0) is 16.9. The average molecular weight is 336 g/mol. The molecule has 0 aliphatic heterocycles. The quantitative estimate of drug-likeness (QED) is 0.482. The highest BCUT2D eigenvalue weighted by Crippen LogP contribution is 2.25. The lowest BCUT2D eigenvalue weighted by atomic mass is 10.1. The zero-order valence-corrected chi connectivity index (χ0v) is 14.9. The normalized spacial score (nSPS) is 10.6. The first-order chi connectivity index (χ1) is 11.6. The number of hydrogen-bond acceptors (Lipinski definition) is 4. The van der Waals surface area contributed by atoms with Crippen molar-refractivity contribution in [3.63, 3.8) is 0 Å². The van der Waals surface area contributed by atoms with Crippen molar-refractivity contribution in [2.45, 2.75) is 24.8 Å². The van der Waals surface area contributed by atoms with Crippen LogP contribution in [0.5, 0.6) is 5.75 Å². The number of thioether (sulfide) groups is 1. The number of nitrogens with zero attached hydrogens (tertiary/aromatic N) is 2. The fourth-order valence-corrected chi connectivity index (χ4v) is 3.31. The molecule has 24 heavy (non-hydrogen) atoms. The summed E-state index contributed by atoms with van der Waals surface area (Å²) in [5.74, 6) is 1.71. The lowest BCUT2D eigenvalue weighted by Crippen LogP contribution is -1.94. The minimum Gasteiger partial charge on any atom is -0.497 e. The monoisotopic (exact) mass is 336 g/mol. The summed E-state index contributed by atoms with van der Waals surface area (Å²) >= 11 is 1.67. The van der Waals surface area contributed by atoms with Gasteiger partial charge < -0.3 is 4.74 Å². The fraction of sp³-hybridized carbons (Fsp3) is 0.200. The van der Waals surface area contributed by atoms with Gasteiger partial charge in [-0.15, -0.1) is 0 Å². The van der Waals surface area contributed by atoms with E-state index < -0.39 is 0 Å². The van der Waals surface area contributed by atoms with E-state index in [2.05, 4.69) is 36.2 Å². The molecule has 0 amide bonds. The molecule has 0 spiro atoms. The molecule has 0 unspecified atom stereocenters. The van der Waals surface area contributed by atoms with E-state index in [1.54, 1.807) is 18.9 Å². The zero-order valence-electron chi connectivity index (χ0n) is 14.1. The Morgan fingerprint density at radius 1 is 0.958 bits per heavy atom. The molecule has 4 heteroatoms. The maximum atomic E-state index is 5.21. The van der Waals surface area contributed by atoms with Gasteiger partial charge in [0.1, 0.15) is 5.75 Å². The lowest BCUT2D eigenvalue weighted by Gasteiger charge is -2.07. The Morgan fingerprint density at radius 3 is 2.46 bits per heavy atom.